The molecule has 0 bridgehead atoms. The van der Waals surface area contributed by atoms with Crippen LogP contribution in [0.15, 0.2) is 18.2 Å². The van der Waals surface area contributed by atoms with E-state index in [-0.39, 0.29) is 12.4 Å². The van der Waals surface area contributed by atoms with Gasteiger partial charge >= 0.3 is 0 Å². The molecule has 1 heterocycles. The van der Waals surface area contributed by atoms with Crippen molar-refractivity contribution >= 4 is 22.6 Å². The molecule has 1 aromatic heterocycles. The summed E-state index contributed by atoms with van der Waals surface area (Å²) < 4.78 is 4.72. The molecule has 3 atom stereocenters. The summed E-state index contributed by atoms with van der Waals surface area (Å²) in [5.41, 5.74) is 1.27. The Bertz CT molecular complexity index is 560. The topological polar surface area (TPSA) is 98.6 Å². The fourth-order valence-electron chi connectivity index (χ4n) is 1.78. The van der Waals surface area contributed by atoms with Gasteiger partial charge in [-0.25, -0.2) is 4.98 Å². The van der Waals surface area contributed by atoms with Crippen LogP contribution in [0.1, 0.15) is 11.9 Å². The monoisotopic (exact) mass is 286 g/mol. The molecule has 6 nitrogen and oxygen atoms in total. The second-order valence-corrected chi connectivity index (χ2v) is 4.68. The maximum absolute atomic E-state index is 9.96. The van der Waals surface area contributed by atoms with Crippen LogP contribution < -0.4 is 0 Å². The minimum atomic E-state index is -1.39. The molecular weight excluding hydrogens is 272 g/mol. The third-order valence-corrected chi connectivity index (χ3v) is 3.03. The van der Waals surface area contributed by atoms with Crippen molar-refractivity contribution in [3.05, 3.63) is 29.0 Å². The highest BCUT2D eigenvalue weighted by Crippen LogP contribution is 2.22. The molecule has 7 heteroatoms. The lowest BCUT2D eigenvalue weighted by Gasteiger charge is -2.20. The van der Waals surface area contributed by atoms with Crippen molar-refractivity contribution < 1.29 is 20.1 Å². The third-order valence-electron chi connectivity index (χ3n) is 2.80. The molecule has 1 aromatic carbocycles. The number of benzene rings is 1. The second-order valence-electron chi connectivity index (χ2n) is 4.24. The van der Waals surface area contributed by atoms with Crippen LogP contribution in [0.2, 0.25) is 5.02 Å². The number of aromatic nitrogens is 2. The zero-order valence-corrected chi connectivity index (χ0v) is 11.0. The fourth-order valence-corrected chi connectivity index (χ4v) is 1.96. The van der Waals surface area contributed by atoms with Crippen LogP contribution in [0.25, 0.3) is 11.0 Å². The molecule has 2 rings (SSSR count). The Labute approximate surface area is 114 Å². The summed E-state index contributed by atoms with van der Waals surface area (Å²) in [7, 11) is 1.39. The number of aliphatic hydroxyl groups is 3. The van der Waals surface area contributed by atoms with Crippen molar-refractivity contribution in [2.75, 3.05) is 13.7 Å². The van der Waals surface area contributed by atoms with Crippen molar-refractivity contribution in [2.45, 2.75) is 18.3 Å². The number of imidazole rings is 1. The molecule has 0 aliphatic rings. The van der Waals surface area contributed by atoms with Gasteiger partial charge in [-0.05, 0) is 18.2 Å². The minimum absolute atomic E-state index is 0.0791. The number of nitrogens with zero attached hydrogens (tertiary/aromatic N) is 1. The summed E-state index contributed by atoms with van der Waals surface area (Å²) in [5, 5.41) is 29.9. The molecule has 4 N–H and O–H groups in total. The average Bonchev–Trinajstić information content (AvgIpc) is 2.80. The predicted molar refractivity (Wildman–Crippen MR) is 70.0 cm³/mol. The Morgan fingerprint density at radius 1 is 1.37 bits per heavy atom. The summed E-state index contributed by atoms with van der Waals surface area (Å²) in [4.78, 5) is 7.00. The lowest BCUT2D eigenvalue weighted by Crippen LogP contribution is -2.35. The molecule has 0 saturated carbocycles. The first-order valence-electron chi connectivity index (χ1n) is 5.71. The Morgan fingerprint density at radius 2 is 2.11 bits per heavy atom. The zero-order chi connectivity index (χ0) is 14.0. The van der Waals surface area contributed by atoms with Crippen LogP contribution in [0.3, 0.4) is 0 Å². The lowest BCUT2D eigenvalue weighted by atomic mass is 10.1. The molecule has 104 valence electrons. The molecule has 0 amide bonds. The average molecular weight is 287 g/mol. The van der Waals surface area contributed by atoms with Crippen LogP contribution in [0, 0.1) is 0 Å². The van der Waals surface area contributed by atoms with Gasteiger partial charge in [0.2, 0.25) is 0 Å². The van der Waals surface area contributed by atoms with Crippen molar-refractivity contribution in [3.63, 3.8) is 0 Å². The first-order valence-corrected chi connectivity index (χ1v) is 6.09. The maximum atomic E-state index is 9.96. The van der Waals surface area contributed by atoms with E-state index >= 15 is 0 Å². The standard InChI is InChI=1S/C12H15ClN2O4/c1-19-5-9(16)10(17)11(18)12-14-7-3-2-6(13)4-8(7)15-12/h2-4,9-11,16-18H,5H2,1H3,(H,14,15)/t9-,10?,11?/m1/s1. The Balaban J connectivity index is 2.23. The van der Waals surface area contributed by atoms with E-state index in [9.17, 15) is 15.3 Å². The van der Waals surface area contributed by atoms with Crippen LogP contribution >= 0.6 is 11.6 Å². The SMILES string of the molecule is COC[C@@H](O)C(O)C(O)c1nc2ccc(Cl)cc2[nH]1. The van der Waals surface area contributed by atoms with Crippen molar-refractivity contribution in [1.82, 2.24) is 9.97 Å². The maximum Gasteiger partial charge on any atom is 0.140 e. The summed E-state index contributed by atoms with van der Waals surface area (Å²) >= 11 is 5.85. The van der Waals surface area contributed by atoms with E-state index in [2.05, 4.69) is 9.97 Å². The van der Waals surface area contributed by atoms with Crippen LogP contribution in [-0.2, 0) is 4.74 Å². The van der Waals surface area contributed by atoms with Crippen molar-refractivity contribution in [3.8, 4) is 0 Å². The number of hydrogen-bond acceptors (Lipinski definition) is 5. The van der Waals surface area contributed by atoms with E-state index in [0.717, 1.165) is 0 Å². The van der Waals surface area contributed by atoms with Gasteiger partial charge in [-0.2, -0.15) is 0 Å². The summed E-state index contributed by atoms with van der Waals surface area (Å²) in [6, 6.07) is 5.04. The molecular formula is C12H15ClN2O4. The molecule has 0 fully saturated rings. The first-order chi connectivity index (χ1) is 9.02. The zero-order valence-electron chi connectivity index (χ0n) is 10.2. The number of hydrogen-bond donors (Lipinski definition) is 4. The van der Waals surface area contributed by atoms with E-state index in [1.54, 1.807) is 18.2 Å². The molecule has 0 spiro atoms. The summed E-state index contributed by atoms with van der Waals surface area (Å²) in [6.45, 7) is -0.0791. The van der Waals surface area contributed by atoms with Gasteiger partial charge in [-0.15, -0.1) is 0 Å². The number of aromatic amines is 1. The molecule has 0 radical (unpaired) electrons. The first kappa shape index (κ1) is 14.2. The van der Waals surface area contributed by atoms with E-state index in [4.69, 9.17) is 16.3 Å². The number of halogens is 1. The Kier molecular flexibility index (Phi) is 4.38. The fraction of sp³-hybridized carbons (Fsp3) is 0.417. The molecule has 0 aliphatic heterocycles. The number of rotatable bonds is 5. The highest BCUT2D eigenvalue weighted by molar-refractivity contribution is 6.31. The molecule has 2 aromatic rings. The van der Waals surface area contributed by atoms with E-state index < -0.39 is 18.3 Å². The number of ether oxygens (including phenoxy) is 1. The highest BCUT2D eigenvalue weighted by Gasteiger charge is 2.28. The van der Waals surface area contributed by atoms with Gasteiger partial charge in [0, 0.05) is 12.1 Å². The second kappa shape index (κ2) is 5.85. The number of methoxy groups -OCH3 is 1. The number of nitrogens with one attached hydrogen (secondary N) is 1. The smallest absolute Gasteiger partial charge is 0.140 e. The van der Waals surface area contributed by atoms with E-state index in [1.807, 2.05) is 0 Å². The number of fused-ring (bicyclic) bond motifs is 1. The molecule has 2 unspecified atom stereocenters. The molecule has 0 aliphatic carbocycles. The van der Waals surface area contributed by atoms with E-state index in [0.29, 0.717) is 16.1 Å². The van der Waals surface area contributed by atoms with Gasteiger partial charge < -0.3 is 25.0 Å². The van der Waals surface area contributed by atoms with Gasteiger partial charge in [0.1, 0.15) is 24.1 Å². The molecule has 0 saturated heterocycles. The van der Waals surface area contributed by atoms with Crippen molar-refractivity contribution in [1.29, 1.82) is 0 Å². The van der Waals surface area contributed by atoms with Crippen LogP contribution in [0.5, 0.6) is 0 Å². The largest absolute Gasteiger partial charge is 0.388 e. The van der Waals surface area contributed by atoms with Gasteiger partial charge in [0.15, 0.2) is 0 Å². The van der Waals surface area contributed by atoms with Gasteiger partial charge in [0.25, 0.3) is 0 Å². The van der Waals surface area contributed by atoms with E-state index in [1.165, 1.54) is 7.11 Å². The van der Waals surface area contributed by atoms with Crippen molar-refractivity contribution in [2.24, 2.45) is 0 Å². The number of H-pyrrole nitrogens is 1. The Hall–Kier alpha value is -1.18. The van der Waals surface area contributed by atoms with Gasteiger partial charge in [-0.3, -0.25) is 0 Å². The van der Waals surface area contributed by atoms with Crippen LogP contribution in [-0.4, -0.2) is 51.2 Å². The summed E-state index contributed by atoms with van der Waals surface area (Å²) in [6.07, 6.45) is -3.93. The normalized spacial score (nSPS) is 16.5. The van der Waals surface area contributed by atoms with Gasteiger partial charge in [0.05, 0.1) is 17.6 Å². The minimum Gasteiger partial charge on any atom is -0.388 e. The highest BCUT2D eigenvalue weighted by atomic mass is 35.5. The lowest BCUT2D eigenvalue weighted by molar-refractivity contribution is -0.0856. The quantitative estimate of drug-likeness (QED) is 0.646. The predicted octanol–water partition coefficient (Wildman–Crippen LogP) is 0.618. The van der Waals surface area contributed by atoms with Crippen LogP contribution in [0.4, 0.5) is 0 Å². The Morgan fingerprint density at radius 3 is 2.79 bits per heavy atom. The third kappa shape index (κ3) is 3.05. The van der Waals surface area contributed by atoms with Gasteiger partial charge in [-0.1, -0.05) is 11.6 Å². The number of aliphatic hydroxyl groups excluding tert-OH is 3. The summed E-state index contributed by atoms with van der Waals surface area (Å²) in [5.74, 6) is 0.167. The molecule has 19 heavy (non-hydrogen) atoms.